The lowest BCUT2D eigenvalue weighted by Crippen LogP contribution is -2.99. The summed E-state index contributed by atoms with van der Waals surface area (Å²) in [5.74, 6) is 0.0630. The zero-order valence-corrected chi connectivity index (χ0v) is 9.49. The zero-order valence-electron chi connectivity index (χ0n) is 8.74. The lowest BCUT2D eigenvalue weighted by molar-refractivity contribution is -0.991. The molecule has 0 radical (unpaired) electrons. The maximum Gasteiger partial charge on any atom is 0.163 e. The molecule has 1 atom stereocenters. The fourth-order valence-electron chi connectivity index (χ4n) is 1.16. The minimum Gasteiger partial charge on any atom is -0.595 e. The predicted molar refractivity (Wildman–Crippen MR) is 61.6 cm³/mol. The van der Waals surface area contributed by atoms with Crippen LogP contribution in [0.15, 0.2) is 29.8 Å². The van der Waals surface area contributed by atoms with Crippen LogP contribution in [0.4, 0.5) is 5.69 Å². The highest BCUT2D eigenvalue weighted by atomic mass is 35.5. The van der Waals surface area contributed by atoms with E-state index in [9.17, 15) is 10.0 Å². The van der Waals surface area contributed by atoms with E-state index in [2.05, 4.69) is 0 Å². The molecule has 4 nitrogen and oxygen atoms in total. The maximum absolute atomic E-state index is 11.1. The number of hydrogen-bond acceptors (Lipinski definition) is 3. The fourth-order valence-corrected chi connectivity index (χ4v) is 1.42. The van der Waals surface area contributed by atoms with E-state index in [1.165, 1.54) is 19.1 Å². The molecule has 0 aliphatic carbocycles. The van der Waals surface area contributed by atoms with Crippen molar-refractivity contribution < 1.29 is 15.2 Å². The number of halogens is 1. The largest absolute Gasteiger partial charge is 0.595 e. The number of quaternary nitrogens is 1. The van der Waals surface area contributed by atoms with Crippen molar-refractivity contribution in [2.24, 2.45) is 0 Å². The van der Waals surface area contributed by atoms with Gasteiger partial charge in [-0.3, -0.25) is 4.79 Å². The first-order valence-corrected chi connectivity index (χ1v) is 5.19. The normalized spacial score (nSPS) is 13.6. The molecule has 0 fully saturated rings. The summed E-state index contributed by atoms with van der Waals surface area (Å²) in [7, 11) is 0. The third-order valence-corrected chi connectivity index (χ3v) is 2.38. The summed E-state index contributed by atoms with van der Waals surface area (Å²) in [6, 6.07) is 6.25. The molecule has 0 heterocycles. The van der Waals surface area contributed by atoms with Gasteiger partial charge < -0.3 is 5.21 Å². The van der Waals surface area contributed by atoms with E-state index in [0.29, 0.717) is 5.57 Å². The topological polar surface area (TPSA) is 64.8 Å². The standard InChI is InChI=1S/C11H12ClNO3/c1-8(14)10(7-12)6-9-2-4-11(5-3-9)13(15)16/h2-6,13,15H,7H2,1H3. The van der Waals surface area contributed by atoms with Crippen molar-refractivity contribution >= 4 is 29.1 Å². The summed E-state index contributed by atoms with van der Waals surface area (Å²) < 4.78 is 0. The van der Waals surface area contributed by atoms with Crippen LogP contribution in [-0.4, -0.2) is 16.9 Å². The lowest BCUT2D eigenvalue weighted by atomic mass is 10.1. The molecule has 2 N–H and O–H groups in total. The van der Waals surface area contributed by atoms with Crippen LogP contribution in [0, 0.1) is 5.21 Å². The number of allylic oxidation sites excluding steroid dienone is 1. The van der Waals surface area contributed by atoms with E-state index in [1.54, 1.807) is 18.2 Å². The molecule has 0 saturated carbocycles. The number of Topliss-reactive ketones (excluding diaryl/α,β-unsaturated/α-hetero) is 1. The van der Waals surface area contributed by atoms with Crippen molar-refractivity contribution in [1.82, 2.24) is 0 Å². The van der Waals surface area contributed by atoms with Crippen LogP contribution in [-0.2, 0) is 4.79 Å². The highest BCUT2D eigenvalue weighted by Gasteiger charge is 2.03. The number of rotatable bonds is 4. The molecule has 1 aromatic rings. The van der Waals surface area contributed by atoms with Crippen LogP contribution >= 0.6 is 11.6 Å². The highest BCUT2D eigenvalue weighted by Crippen LogP contribution is 2.11. The van der Waals surface area contributed by atoms with E-state index in [0.717, 1.165) is 5.56 Å². The lowest BCUT2D eigenvalue weighted by Gasteiger charge is -2.11. The number of alkyl halides is 1. The summed E-state index contributed by atoms with van der Waals surface area (Å²) in [5, 5.41) is 18.3. The van der Waals surface area contributed by atoms with E-state index in [1.807, 2.05) is 0 Å². The number of carbonyl (C=O) groups is 1. The summed E-state index contributed by atoms with van der Waals surface area (Å²) in [6.45, 7) is 1.44. The molecule has 0 amide bonds. The molecule has 1 unspecified atom stereocenters. The van der Waals surface area contributed by atoms with Gasteiger partial charge in [0.05, 0.1) is 5.88 Å². The number of ketones is 1. The van der Waals surface area contributed by atoms with Crippen molar-refractivity contribution in [3.05, 3.63) is 40.6 Å². The van der Waals surface area contributed by atoms with Gasteiger partial charge in [-0.15, -0.1) is 11.6 Å². The van der Waals surface area contributed by atoms with Crippen molar-refractivity contribution in [2.45, 2.75) is 6.92 Å². The average Bonchev–Trinajstić information content (AvgIpc) is 2.26. The smallest absolute Gasteiger partial charge is 0.163 e. The first-order chi connectivity index (χ1) is 7.54. The number of nitrogens with one attached hydrogen (secondary N) is 1. The molecule has 86 valence electrons. The SMILES string of the molecule is CC(=O)C(=Cc1ccc([NH+]([O-])O)cc1)CCl. The quantitative estimate of drug-likeness (QED) is 0.475. The Balaban J connectivity index is 2.94. The van der Waals surface area contributed by atoms with E-state index >= 15 is 0 Å². The first-order valence-electron chi connectivity index (χ1n) is 4.65. The third kappa shape index (κ3) is 3.43. The molecular formula is C11H12ClNO3. The van der Waals surface area contributed by atoms with E-state index < -0.39 is 5.23 Å². The second kappa shape index (κ2) is 5.77. The first kappa shape index (κ1) is 12.9. The molecular weight excluding hydrogens is 230 g/mol. The average molecular weight is 242 g/mol. The number of hydrogen-bond donors (Lipinski definition) is 2. The van der Waals surface area contributed by atoms with Crippen molar-refractivity contribution in [3.8, 4) is 0 Å². The minimum absolute atomic E-state index is 0.0858. The van der Waals surface area contributed by atoms with Crippen LogP contribution in [0.2, 0.25) is 0 Å². The highest BCUT2D eigenvalue weighted by molar-refractivity contribution is 6.23. The summed E-state index contributed by atoms with van der Waals surface area (Å²) in [5.41, 5.74) is 1.48. The Morgan fingerprint density at radius 3 is 2.44 bits per heavy atom. The Labute approximate surface area is 98.3 Å². The van der Waals surface area contributed by atoms with Gasteiger partial charge in [-0.1, -0.05) is 0 Å². The van der Waals surface area contributed by atoms with E-state index in [-0.39, 0.29) is 17.4 Å². The Morgan fingerprint density at radius 1 is 1.50 bits per heavy atom. The Bertz CT molecular complexity index is 398. The van der Waals surface area contributed by atoms with Crippen LogP contribution in [0.1, 0.15) is 12.5 Å². The van der Waals surface area contributed by atoms with Gasteiger partial charge in [-0.25, -0.2) is 5.21 Å². The van der Waals surface area contributed by atoms with Gasteiger partial charge in [-0.2, -0.15) is 5.23 Å². The van der Waals surface area contributed by atoms with Gasteiger partial charge in [0, 0.05) is 17.7 Å². The summed E-state index contributed by atoms with van der Waals surface area (Å²) in [4.78, 5) is 11.1. The molecule has 1 aromatic carbocycles. The molecule has 5 heteroatoms. The van der Waals surface area contributed by atoms with Gasteiger partial charge in [-0.05, 0) is 30.7 Å². The second-order valence-corrected chi connectivity index (χ2v) is 3.55. The van der Waals surface area contributed by atoms with Crippen LogP contribution in [0.5, 0.6) is 0 Å². The van der Waals surface area contributed by atoms with Crippen molar-refractivity contribution in [1.29, 1.82) is 0 Å². The van der Waals surface area contributed by atoms with Crippen LogP contribution in [0.3, 0.4) is 0 Å². The molecule has 1 rings (SSSR count). The van der Waals surface area contributed by atoms with Crippen molar-refractivity contribution in [2.75, 3.05) is 5.88 Å². The van der Waals surface area contributed by atoms with Crippen molar-refractivity contribution in [3.63, 3.8) is 0 Å². The number of benzene rings is 1. The monoisotopic (exact) mass is 241 g/mol. The minimum atomic E-state index is -0.973. The van der Waals surface area contributed by atoms with Gasteiger partial charge in [0.2, 0.25) is 0 Å². The maximum atomic E-state index is 11.1. The van der Waals surface area contributed by atoms with Gasteiger partial charge in [0.1, 0.15) is 0 Å². The Kier molecular flexibility index (Phi) is 4.64. The Hall–Kier alpha value is -1.20. The second-order valence-electron chi connectivity index (χ2n) is 3.29. The fraction of sp³-hybridized carbons (Fsp3) is 0.182. The molecule has 0 spiro atoms. The van der Waals surface area contributed by atoms with Gasteiger partial charge >= 0.3 is 0 Å². The zero-order chi connectivity index (χ0) is 12.1. The molecule has 0 aliphatic heterocycles. The van der Waals surface area contributed by atoms with Gasteiger partial charge in [0.25, 0.3) is 0 Å². The van der Waals surface area contributed by atoms with Crippen LogP contribution in [0.25, 0.3) is 6.08 Å². The molecule has 0 saturated heterocycles. The Morgan fingerprint density at radius 2 is 2.06 bits per heavy atom. The molecule has 16 heavy (non-hydrogen) atoms. The third-order valence-electron chi connectivity index (χ3n) is 2.09. The van der Waals surface area contributed by atoms with Crippen LogP contribution < -0.4 is 5.23 Å². The molecule has 0 aromatic heterocycles. The van der Waals surface area contributed by atoms with Gasteiger partial charge in [0.15, 0.2) is 11.5 Å². The molecule has 0 bridgehead atoms. The predicted octanol–water partition coefficient (Wildman–Crippen LogP) is 1.30. The summed E-state index contributed by atoms with van der Waals surface area (Å²) >= 11 is 5.61. The summed E-state index contributed by atoms with van der Waals surface area (Å²) in [6.07, 6.45) is 1.65. The number of carbonyl (C=O) groups excluding carboxylic acids is 1. The van der Waals surface area contributed by atoms with E-state index in [4.69, 9.17) is 16.8 Å². The molecule has 0 aliphatic rings.